The fraction of sp³-hybridized carbons (Fsp3) is 0.350. The second kappa shape index (κ2) is 7.72. The lowest BCUT2D eigenvalue weighted by molar-refractivity contribution is 0.0365. The van der Waals surface area contributed by atoms with Crippen LogP contribution < -0.4 is 0 Å². The molecule has 1 aliphatic heterocycles. The van der Waals surface area contributed by atoms with Crippen molar-refractivity contribution in [3.63, 3.8) is 0 Å². The molecular formula is C20H20ClFN2O2S. The van der Waals surface area contributed by atoms with Gasteiger partial charge >= 0.3 is 0 Å². The Hall–Kier alpha value is -1.73. The number of aromatic nitrogens is 1. The zero-order chi connectivity index (χ0) is 19.0. The van der Waals surface area contributed by atoms with E-state index in [0.29, 0.717) is 10.4 Å². The first-order valence-electron chi connectivity index (χ1n) is 8.92. The summed E-state index contributed by atoms with van der Waals surface area (Å²) in [5.41, 5.74) is 1.52. The first kappa shape index (κ1) is 18.6. The van der Waals surface area contributed by atoms with E-state index in [0.717, 1.165) is 49.6 Å². The van der Waals surface area contributed by atoms with Crippen molar-refractivity contribution in [2.24, 2.45) is 0 Å². The Labute approximate surface area is 166 Å². The van der Waals surface area contributed by atoms with Crippen LogP contribution in [0.5, 0.6) is 0 Å². The molecule has 1 fully saturated rings. The van der Waals surface area contributed by atoms with Crippen LogP contribution >= 0.6 is 22.9 Å². The van der Waals surface area contributed by atoms with Gasteiger partial charge < -0.3 is 9.30 Å². The lowest BCUT2D eigenvalue weighted by Gasteiger charge is -2.26. The molecule has 0 atom stereocenters. The minimum atomic E-state index is -0.446. The Morgan fingerprint density at radius 3 is 2.74 bits per heavy atom. The molecule has 0 aliphatic carbocycles. The second-order valence-corrected chi connectivity index (χ2v) is 8.15. The molecule has 0 unspecified atom stereocenters. The molecule has 27 heavy (non-hydrogen) atoms. The Balaban J connectivity index is 1.58. The number of halogens is 2. The van der Waals surface area contributed by atoms with Gasteiger partial charge in [0.15, 0.2) is 0 Å². The highest BCUT2D eigenvalue weighted by Gasteiger charge is 2.19. The molecule has 1 saturated heterocycles. The molecule has 142 valence electrons. The number of morpholine rings is 1. The number of nitrogens with zero attached hydrogens (tertiary/aromatic N) is 2. The minimum Gasteiger partial charge on any atom is -0.379 e. The number of ether oxygens (including phenoxy) is 1. The summed E-state index contributed by atoms with van der Waals surface area (Å²) in [4.78, 5) is 16.9. The predicted octanol–water partition coefficient (Wildman–Crippen LogP) is 4.37. The molecule has 2 aromatic heterocycles. The van der Waals surface area contributed by atoms with Crippen molar-refractivity contribution in [3.8, 4) is 0 Å². The predicted molar refractivity (Wildman–Crippen MR) is 107 cm³/mol. The van der Waals surface area contributed by atoms with Crippen LogP contribution in [0.2, 0.25) is 5.02 Å². The van der Waals surface area contributed by atoms with E-state index >= 15 is 0 Å². The molecule has 0 spiro atoms. The number of carbonyl (C=O) groups excluding carboxylic acids is 1. The van der Waals surface area contributed by atoms with E-state index in [1.165, 1.54) is 35.2 Å². The van der Waals surface area contributed by atoms with Crippen LogP contribution in [-0.4, -0.2) is 48.1 Å². The number of hydrogen-bond donors (Lipinski definition) is 0. The van der Waals surface area contributed by atoms with E-state index < -0.39 is 5.82 Å². The van der Waals surface area contributed by atoms with Crippen molar-refractivity contribution in [2.75, 3.05) is 32.8 Å². The van der Waals surface area contributed by atoms with Crippen LogP contribution in [0.4, 0.5) is 4.39 Å². The summed E-state index contributed by atoms with van der Waals surface area (Å²) in [6.45, 7) is 7.41. The molecule has 0 bridgehead atoms. The first-order chi connectivity index (χ1) is 13.0. The maximum absolute atomic E-state index is 13.3. The largest absolute Gasteiger partial charge is 0.379 e. The second-order valence-electron chi connectivity index (χ2n) is 6.72. The van der Waals surface area contributed by atoms with Gasteiger partial charge in [0, 0.05) is 42.8 Å². The van der Waals surface area contributed by atoms with E-state index in [1.54, 1.807) is 0 Å². The van der Waals surface area contributed by atoms with Crippen molar-refractivity contribution in [2.45, 2.75) is 13.5 Å². The van der Waals surface area contributed by atoms with E-state index in [-0.39, 0.29) is 10.8 Å². The molecular weight excluding hydrogens is 387 g/mol. The van der Waals surface area contributed by atoms with E-state index in [4.69, 9.17) is 16.3 Å². The standard InChI is InChI=1S/C20H20ClFN2O2S/c1-13-10-14-11-18(19(25)16-3-2-15(22)12-17(16)21)27-20(14)24(13)5-4-23-6-8-26-9-7-23/h2-3,10-12H,4-9H2,1H3. The summed E-state index contributed by atoms with van der Waals surface area (Å²) in [6.07, 6.45) is 0. The van der Waals surface area contributed by atoms with Crippen LogP contribution in [0.25, 0.3) is 10.2 Å². The van der Waals surface area contributed by atoms with Crippen molar-refractivity contribution < 1.29 is 13.9 Å². The molecule has 0 saturated carbocycles. The fourth-order valence-electron chi connectivity index (χ4n) is 3.44. The normalized spacial score (nSPS) is 15.5. The Morgan fingerprint density at radius 1 is 1.22 bits per heavy atom. The number of ketones is 1. The average Bonchev–Trinajstić information content (AvgIpc) is 3.17. The van der Waals surface area contributed by atoms with E-state index in [9.17, 15) is 9.18 Å². The van der Waals surface area contributed by atoms with Gasteiger partial charge in [-0.05, 0) is 37.3 Å². The molecule has 1 aliphatic rings. The lowest BCUT2D eigenvalue weighted by atomic mass is 10.1. The maximum Gasteiger partial charge on any atom is 0.204 e. The van der Waals surface area contributed by atoms with Crippen molar-refractivity contribution in [1.82, 2.24) is 9.47 Å². The summed E-state index contributed by atoms with van der Waals surface area (Å²) in [5.74, 6) is -0.614. The highest BCUT2D eigenvalue weighted by molar-refractivity contribution is 7.20. The smallest absolute Gasteiger partial charge is 0.204 e. The van der Waals surface area contributed by atoms with Gasteiger partial charge in [0.05, 0.1) is 23.1 Å². The topological polar surface area (TPSA) is 34.5 Å². The molecule has 1 aromatic carbocycles. The molecule has 7 heteroatoms. The van der Waals surface area contributed by atoms with E-state index in [2.05, 4.69) is 22.5 Å². The summed E-state index contributed by atoms with van der Waals surface area (Å²) in [7, 11) is 0. The molecule has 3 heterocycles. The minimum absolute atomic E-state index is 0.143. The van der Waals surface area contributed by atoms with Crippen LogP contribution in [0.15, 0.2) is 30.3 Å². The van der Waals surface area contributed by atoms with Gasteiger partial charge in [0.25, 0.3) is 0 Å². The third-order valence-electron chi connectivity index (χ3n) is 4.92. The van der Waals surface area contributed by atoms with Gasteiger partial charge in [0.1, 0.15) is 10.6 Å². The SMILES string of the molecule is Cc1cc2cc(C(=O)c3ccc(F)cc3Cl)sc2n1CCN1CCOCC1. The maximum atomic E-state index is 13.3. The summed E-state index contributed by atoms with van der Waals surface area (Å²) < 4.78 is 20.9. The molecule has 3 aromatic rings. The van der Waals surface area contributed by atoms with Crippen molar-refractivity contribution in [1.29, 1.82) is 0 Å². The Kier molecular flexibility index (Phi) is 5.32. The molecule has 0 amide bonds. The summed E-state index contributed by atoms with van der Waals surface area (Å²) in [5, 5.41) is 1.20. The number of rotatable bonds is 5. The van der Waals surface area contributed by atoms with Gasteiger partial charge in [-0.1, -0.05) is 11.6 Å². The zero-order valence-electron chi connectivity index (χ0n) is 15.0. The first-order valence-corrected chi connectivity index (χ1v) is 10.1. The molecule has 4 nitrogen and oxygen atoms in total. The highest BCUT2D eigenvalue weighted by atomic mass is 35.5. The third-order valence-corrected chi connectivity index (χ3v) is 6.40. The van der Waals surface area contributed by atoms with Gasteiger partial charge in [-0.3, -0.25) is 9.69 Å². The number of carbonyl (C=O) groups is 1. The quantitative estimate of drug-likeness (QED) is 0.590. The van der Waals surface area contributed by atoms with Gasteiger partial charge in [0.2, 0.25) is 5.78 Å². The van der Waals surface area contributed by atoms with E-state index in [1.807, 2.05) is 6.07 Å². The molecule has 4 rings (SSSR count). The van der Waals surface area contributed by atoms with Crippen molar-refractivity contribution >= 4 is 38.9 Å². The van der Waals surface area contributed by atoms with Crippen LogP contribution in [0.3, 0.4) is 0 Å². The molecule has 0 N–H and O–H groups in total. The number of aryl methyl sites for hydroxylation is 1. The molecule has 0 radical (unpaired) electrons. The van der Waals surface area contributed by atoms with Crippen LogP contribution in [0, 0.1) is 12.7 Å². The fourth-order valence-corrected chi connectivity index (χ4v) is 4.87. The number of thiophene rings is 1. The Bertz CT molecular complexity index is 991. The van der Waals surface area contributed by atoms with Crippen LogP contribution in [-0.2, 0) is 11.3 Å². The lowest BCUT2D eigenvalue weighted by Crippen LogP contribution is -2.38. The highest BCUT2D eigenvalue weighted by Crippen LogP contribution is 2.32. The summed E-state index contributed by atoms with van der Waals surface area (Å²) in [6, 6.07) is 7.89. The third kappa shape index (κ3) is 3.80. The number of benzene rings is 1. The summed E-state index contributed by atoms with van der Waals surface area (Å²) >= 11 is 7.53. The number of fused-ring (bicyclic) bond motifs is 1. The van der Waals surface area contributed by atoms with Crippen molar-refractivity contribution in [3.05, 3.63) is 57.3 Å². The van der Waals surface area contributed by atoms with Gasteiger partial charge in [-0.25, -0.2) is 4.39 Å². The zero-order valence-corrected chi connectivity index (χ0v) is 16.6. The monoisotopic (exact) mass is 406 g/mol. The Morgan fingerprint density at radius 2 is 2.00 bits per heavy atom. The van der Waals surface area contributed by atoms with Gasteiger partial charge in [-0.2, -0.15) is 0 Å². The van der Waals surface area contributed by atoms with Crippen LogP contribution in [0.1, 0.15) is 20.9 Å². The van der Waals surface area contributed by atoms with Gasteiger partial charge in [-0.15, -0.1) is 11.3 Å². The average molecular weight is 407 g/mol. The number of hydrogen-bond acceptors (Lipinski definition) is 4.